The highest BCUT2D eigenvalue weighted by Crippen LogP contribution is 2.45. The van der Waals surface area contributed by atoms with Crippen molar-refractivity contribution in [3.8, 4) is 11.5 Å². The van der Waals surface area contributed by atoms with E-state index in [9.17, 15) is 19.1 Å². The molecule has 0 bridgehead atoms. The number of Topliss-reactive ketones (excluding diaryl/α,β-unsaturated/α-hetero) is 1. The number of fused-ring (bicyclic) bond motifs is 1. The second kappa shape index (κ2) is 12.8. The number of hydrogen-bond donors (Lipinski definition) is 1. The molecule has 5 aromatic carbocycles. The minimum absolute atomic E-state index is 0.0800. The van der Waals surface area contributed by atoms with Gasteiger partial charge in [-0.1, -0.05) is 108 Å². The van der Waals surface area contributed by atoms with Gasteiger partial charge in [-0.3, -0.25) is 14.5 Å². The van der Waals surface area contributed by atoms with Crippen LogP contribution in [0.3, 0.4) is 0 Å². The fourth-order valence-electron chi connectivity index (χ4n) is 5.53. The third-order valence-corrected chi connectivity index (χ3v) is 9.98. The van der Waals surface area contributed by atoms with Gasteiger partial charge in [0.1, 0.15) is 23.1 Å². The topological polar surface area (TPSA) is 92.6 Å². The number of anilines is 1. The SMILES string of the molecule is Cc1ccc(C(O)=C2C(=O)C(=O)N(c3nnc(SCc4cccc5ccccc45)s3)C2c2cccc(Oc3ccccc3)c2)cc1F. The third kappa shape index (κ3) is 6.00. The van der Waals surface area contributed by atoms with Crippen molar-refractivity contribution in [2.75, 3.05) is 4.90 Å². The molecule has 0 saturated carbocycles. The van der Waals surface area contributed by atoms with Crippen LogP contribution in [0, 0.1) is 12.7 Å². The van der Waals surface area contributed by atoms with Gasteiger partial charge in [0.2, 0.25) is 5.13 Å². The summed E-state index contributed by atoms with van der Waals surface area (Å²) in [5, 5.41) is 22.6. The molecule has 1 unspecified atom stereocenters. The minimum Gasteiger partial charge on any atom is -0.507 e. The number of aryl methyl sites for hydroxylation is 1. The zero-order chi connectivity index (χ0) is 32.5. The van der Waals surface area contributed by atoms with E-state index in [1.54, 1.807) is 31.2 Å². The van der Waals surface area contributed by atoms with Gasteiger partial charge in [0.25, 0.3) is 5.78 Å². The van der Waals surface area contributed by atoms with E-state index >= 15 is 0 Å². The van der Waals surface area contributed by atoms with Crippen molar-refractivity contribution in [3.63, 3.8) is 0 Å². The first-order valence-corrected chi connectivity index (χ1v) is 16.5. The molecule has 1 saturated heterocycles. The number of carbonyl (C=O) groups is 2. The van der Waals surface area contributed by atoms with Crippen LogP contribution in [0.4, 0.5) is 9.52 Å². The Balaban J connectivity index is 1.27. The summed E-state index contributed by atoms with van der Waals surface area (Å²) in [6.07, 6.45) is 0. The van der Waals surface area contributed by atoms with Crippen LogP contribution in [0.15, 0.2) is 125 Å². The molecule has 7 rings (SSSR count). The van der Waals surface area contributed by atoms with Crippen molar-refractivity contribution in [1.82, 2.24) is 10.2 Å². The lowest BCUT2D eigenvalue weighted by Crippen LogP contribution is -2.29. The molecule has 232 valence electrons. The van der Waals surface area contributed by atoms with Crippen LogP contribution in [0.25, 0.3) is 16.5 Å². The largest absolute Gasteiger partial charge is 0.507 e. The first-order valence-electron chi connectivity index (χ1n) is 14.7. The molecular formula is C37H26FN3O4S2. The van der Waals surface area contributed by atoms with E-state index in [0.717, 1.165) is 22.4 Å². The number of ether oxygens (including phenoxy) is 1. The number of rotatable bonds is 8. The van der Waals surface area contributed by atoms with E-state index in [1.807, 2.05) is 48.5 Å². The van der Waals surface area contributed by atoms with Crippen molar-refractivity contribution >= 4 is 56.5 Å². The molecule has 2 heterocycles. The molecule has 1 N–H and O–H groups in total. The molecule has 0 spiro atoms. The second-order valence-corrected chi connectivity index (χ2v) is 13.1. The summed E-state index contributed by atoms with van der Waals surface area (Å²) in [5.74, 6) is -1.14. The number of aliphatic hydroxyl groups excluding tert-OH is 1. The minimum atomic E-state index is -1.08. The first kappa shape index (κ1) is 30.3. The van der Waals surface area contributed by atoms with E-state index in [4.69, 9.17) is 4.74 Å². The van der Waals surface area contributed by atoms with E-state index in [-0.39, 0.29) is 16.3 Å². The highest BCUT2D eigenvalue weighted by molar-refractivity contribution is 8.00. The predicted molar refractivity (Wildman–Crippen MR) is 182 cm³/mol. The molecule has 1 atom stereocenters. The van der Waals surface area contributed by atoms with Crippen molar-refractivity contribution in [2.45, 2.75) is 23.1 Å². The van der Waals surface area contributed by atoms with Gasteiger partial charge < -0.3 is 9.84 Å². The van der Waals surface area contributed by atoms with Crippen LogP contribution < -0.4 is 9.64 Å². The van der Waals surface area contributed by atoms with Gasteiger partial charge in [-0.15, -0.1) is 10.2 Å². The fraction of sp³-hybridized carbons (Fsp3) is 0.0811. The number of benzene rings is 5. The molecule has 6 aromatic rings. The summed E-state index contributed by atoms with van der Waals surface area (Å²) in [6.45, 7) is 1.60. The lowest BCUT2D eigenvalue weighted by Gasteiger charge is -2.23. The molecule has 1 fully saturated rings. The molecule has 1 amide bonds. The summed E-state index contributed by atoms with van der Waals surface area (Å²) < 4.78 is 21.2. The number of nitrogens with zero attached hydrogens (tertiary/aromatic N) is 3. The van der Waals surface area contributed by atoms with E-state index < -0.39 is 29.3 Å². The Morgan fingerprint density at radius 1 is 0.894 bits per heavy atom. The predicted octanol–water partition coefficient (Wildman–Crippen LogP) is 8.85. The van der Waals surface area contributed by atoms with Gasteiger partial charge in [0, 0.05) is 11.3 Å². The Morgan fingerprint density at radius 3 is 2.47 bits per heavy atom. The Morgan fingerprint density at radius 2 is 1.64 bits per heavy atom. The van der Waals surface area contributed by atoms with Crippen LogP contribution in [0.2, 0.25) is 0 Å². The number of amides is 1. The summed E-state index contributed by atoms with van der Waals surface area (Å²) in [7, 11) is 0. The number of ketones is 1. The molecular weight excluding hydrogens is 634 g/mol. The number of carbonyl (C=O) groups excluding carboxylic acids is 2. The van der Waals surface area contributed by atoms with Crippen LogP contribution in [-0.4, -0.2) is 27.0 Å². The number of para-hydroxylation sites is 1. The normalized spacial score (nSPS) is 15.8. The number of aliphatic hydroxyl groups is 1. The van der Waals surface area contributed by atoms with Crippen molar-refractivity contribution in [3.05, 3.63) is 149 Å². The molecule has 1 aliphatic rings. The molecule has 47 heavy (non-hydrogen) atoms. The molecule has 1 aliphatic heterocycles. The monoisotopic (exact) mass is 659 g/mol. The van der Waals surface area contributed by atoms with E-state index in [0.29, 0.717) is 32.7 Å². The summed E-state index contributed by atoms with van der Waals surface area (Å²) >= 11 is 2.65. The average molecular weight is 660 g/mol. The molecule has 0 radical (unpaired) electrons. The van der Waals surface area contributed by atoms with Gasteiger partial charge >= 0.3 is 5.91 Å². The first-order chi connectivity index (χ1) is 22.9. The lowest BCUT2D eigenvalue weighted by atomic mass is 9.95. The van der Waals surface area contributed by atoms with Gasteiger partial charge in [-0.25, -0.2) is 4.39 Å². The van der Waals surface area contributed by atoms with Crippen molar-refractivity contribution in [2.24, 2.45) is 0 Å². The number of thioether (sulfide) groups is 1. The summed E-state index contributed by atoms with van der Waals surface area (Å²) in [5.41, 5.74) is 1.90. The third-order valence-electron chi connectivity index (χ3n) is 7.88. The Bertz CT molecular complexity index is 2180. The summed E-state index contributed by atoms with van der Waals surface area (Å²) in [6, 6.07) is 33.5. The molecule has 7 nitrogen and oxygen atoms in total. The van der Waals surface area contributed by atoms with Gasteiger partial charge in [0.05, 0.1) is 11.6 Å². The highest BCUT2D eigenvalue weighted by atomic mass is 32.2. The maximum Gasteiger partial charge on any atom is 0.301 e. The van der Waals surface area contributed by atoms with Crippen LogP contribution in [0.5, 0.6) is 11.5 Å². The molecule has 10 heteroatoms. The van der Waals surface area contributed by atoms with Gasteiger partial charge in [-0.2, -0.15) is 0 Å². The fourth-order valence-corrected chi connectivity index (χ4v) is 7.40. The second-order valence-electron chi connectivity index (χ2n) is 10.9. The Kier molecular flexibility index (Phi) is 8.28. The maximum atomic E-state index is 14.6. The van der Waals surface area contributed by atoms with Gasteiger partial charge in [0.15, 0.2) is 4.34 Å². The zero-order valence-electron chi connectivity index (χ0n) is 25.0. The smallest absolute Gasteiger partial charge is 0.301 e. The zero-order valence-corrected chi connectivity index (χ0v) is 26.6. The average Bonchev–Trinajstić information content (AvgIpc) is 3.66. The van der Waals surface area contributed by atoms with Crippen LogP contribution in [-0.2, 0) is 15.3 Å². The van der Waals surface area contributed by atoms with E-state index in [1.165, 1.54) is 40.1 Å². The lowest BCUT2D eigenvalue weighted by molar-refractivity contribution is -0.132. The molecule has 1 aromatic heterocycles. The number of halogens is 1. The van der Waals surface area contributed by atoms with E-state index in [2.05, 4.69) is 34.5 Å². The number of aromatic nitrogens is 2. The van der Waals surface area contributed by atoms with Crippen LogP contribution in [0.1, 0.15) is 28.3 Å². The Labute approximate surface area is 278 Å². The quantitative estimate of drug-likeness (QED) is 0.0574. The van der Waals surface area contributed by atoms with Crippen LogP contribution >= 0.6 is 23.1 Å². The highest BCUT2D eigenvalue weighted by Gasteiger charge is 2.48. The Hall–Kier alpha value is -5.32. The maximum absolute atomic E-state index is 14.6. The van der Waals surface area contributed by atoms with Crippen molar-refractivity contribution in [1.29, 1.82) is 0 Å². The standard InChI is InChI=1S/C37H26FN3O4S2/c1-22-17-18-25(20-30(22)38)33(42)31-32(24-11-8-15-28(19-24)45-27-13-3-2-4-14-27)41(35(44)34(31)43)36-39-40-37(47-36)46-21-26-12-7-10-23-9-5-6-16-29(23)26/h2-20,32,42H,21H2,1H3. The molecule has 0 aliphatic carbocycles. The van der Waals surface area contributed by atoms with Gasteiger partial charge in [-0.05, 0) is 64.7 Å². The number of hydrogen-bond acceptors (Lipinski definition) is 8. The summed E-state index contributed by atoms with van der Waals surface area (Å²) in [4.78, 5) is 28.6. The van der Waals surface area contributed by atoms with Crippen molar-refractivity contribution < 1.29 is 23.8 Å².